The van der Waals surface area contributed by atoms with Crippen molar-refractivity contribution in [3.8, 4) is 0 Å². The third-order valence-corrected chi connectivity index (χ3v) is 3.15. The molecule has 0 aliphatic heterocycles. The number of nitrogens with zero attached hydrogens (tertiary/aromatic N) is 3. The maximum Gasteiger partial charge on any atom is 0.151 e. The van der Waals surface area contributed by atoms with Gasteiger partial charge >= 0.3 is 0 Å². The molecule has 0 radical (unpaired) electrons. The lowest BCUT2D eigenvalue weighted by atomic mass is 10.3. The number of aryl methyl sites for hydroxylation is 2. The summed E-state index contributed by atoms with van der Waals surface area (Å²) in [6.45, 7) is 8.75. The molecule has 19 heavy (non-hydrogen) atoms. The molecule has 0 bridgehead atoms. The Morgan fingerprint density at radius 2 is 2.05 bits per heavy atom. The summed E-state index contributed by atoms with van der Waals surface area (Å²) < 4.78 is 7.57. The van der Waals surface area contributed by atoms with Crippen LogP contribution in [0, 0.1) is 13.8 Å². The summed E-state index contributed by atoms with van der Waals surface area (Å²) >= 11 is 0. The van der Waals surface area contributed by atoms with Crippen molar-refractivity contribution in [2.24, 2.45) is 0 Å². The minimum atomic E-state index is 0.270. The fourth-order valence-corrected chi connectivity index (χ4v) is 2.17. The summed E-state index contributed by atoms with van der Waals surface area (Å²) in [6, 6.07) is 4.23. The number of hydrogen-bond acceptors (Lipinski definition) is 4. The van der Waals surface area contributed by atoms with Gasteiger partial charge in [0.15, 0.2) is 5.82 Å². The average Bonchev–Trinajstić information content (AvgIpc) is 2.84. The van der Waals surface area contributed by atoms with Crippen molar-refractivity contribution in [2.75, 3.05) is 17.7 Å². The van der Waals surface area contributed by atoms with Crippen molar-refractivity contribution in [1.29, 1.82) is 0 Å². The molecule has 0 fully saturated rings. The number of rotatable bonds is 4. The molecule has 0 aliphatic carbocycles. The minimum absolute atomic E-state index is 0.270. The molecule has 0 aromatic carbocycles. The third kappa shape index (κ3) is 2.59. The van der Waals surface area contributed by atoms with Crippen LogP contribution in [-0.4, -0.2) is 16.8 Å². The van der Waals surface area contributed by atoms with E-state index in [1.165, 1.54) is 0 Å². The SMILES string of the molecule is Cc1ccc(CN(C)c2c(N)c(C)nn2C(C)C)o1. The van der Waals surface area contributed by atoms with Gasteiger partial charge in [0, 0.05) is 13.1 Å². The number of furan rings is 1. The molecule has 2 rings (SSSR count). The normalized spacial score (nSPS) is 11.3. The smallest absolute Gasteiger partial charge is 0.151 e. The van der Waals surface area contributed by atoms with E-state index >= 15 is 0 Å². The van der Waals surface area contributed by atoms with Crippen LogP contribution < -0.4 is 10.6 Å². The van der Waals surface area contributed by atoms with Gasteiger partial charge in [0.25, 0.3) is 0 Å². The molecule has 5 heteroatoms. The van der Waals surface area contributed by atoms with E-state index in [4.69, 9.17) is 10.2 Å². The minimum Gasteiger partial charge on any atom is -0.464 e. The largest absolute Gasteiger partial charge is 0.464 e. The van der Waals surface area contributed by atoms with Crippen molar-refractivity contribution in [1.82, 2.24) is 9.78 Å². The van der Waals surface area contributed by atoms with Crippen LogP contribution in [0.15, 0.2) is 16.5 Å². The lowest BCUT2D eigenvalue weighted by Gasteiger charge is -2.21. The average molecular weight is 262 g/mol. The Kier molecular flexibility index (Phi) is 3.55. The molecule has 104 valence electrons. The molecular weight excluding hydrogens is 240 g/mol. The van der Waals surface area contributed by atoms with Crippen LogP contribution in [-0.2, 0) is 6.54 Å². The topological polar surface area (TPSA) is 60.2 Å². The standard InChI is InChI=1S/C14H22N4O/c1-9(2)18-14(13(15)11(4)16-18)17(5)8-12-7-6-10(3)19-12/h6-7,9H,8,15H2,1-5H3. The molecule has 0 aliphatic rings. The van der Waals surface area contributed by atoms with E-state index in [1.54, 1.807) is 0 Å². The van der Waals surface area contributed by atoms with Crippen LogP contribution in [0.2, 0.25) is 0 Å². The molecule has 2 heterocycles. The maximum absolute atomic E-state index is 6.15. The molecule has 0 unspecified atom stereocenters. The molecule has 2 N–H and O–H groups in total. The van der Waals surface area contributed by atoms with Gasteiger partial charge in [-0.1, -0.05) is 0 Å². The van der Waals surface area contributed by atoms with E-state index in [0.29, 0.717) is 6.54 Å². The van der Waals surface area contributed by atoms with Crippen molar-refractivity contribution in [3.05, 3.63) is 29.3 Å². The summed E-state index contributed by atoms with van der Waals surface area (Å²) in [5.41, 5.74) is 7.75. The van der Waals surface area contributed by atoms with Crippen LogP contribution in [0.1, 0.15) is 37.1 Å². The van der Waals surface area contributed by atoms with E-state index in [1.807, 2.05) is 37.7 Å². The lowest BCUT2D eigenvalue weighted by molar-refractivity contribution is 0.475. The molecule has 2 aromatic heterocycles. The third-order valence-electron chi connectivity index (χ3n) is 3.15. The Morgan fingerprint density at radius 3 is 2.58 bits per heavy atom. The quantitative estimate of drug-likeness (QED) is 0.920. The van der Waals surface area contributed by atoms with E-state index in [0.717, 1.165) is 28.7 Å². The van der Waals surface area contributed by atoms with Crippen LogP contribution in [0.3, 0.4) is 0 Å². The number of aromatic nitrogens is 2. The van der Waals surface area contributed by atoms with Gasteiger partial charge in [0.05, 0.1) is 17.9 Å². The first kappa shape index (κ1) is 13.5. The Bertz CT molecular complexity index is 568. The van der Waals surface area contributed by atoms with Gasteiger partial charge < -0.3 is 15.1 Å². The van der Waals surface area contributed by atoms with Crippen molar-refractivity contribution in [3.63, 3.8) is 0 Å². The van der Waals surface area contributed by atoms with E-state index in [2.05, 4.69) is 23.8 Å². The second-order valence-corrected chi connectivity index (χ2v) is 5.23. The van der Waals surface area contributed by atoms with Crippen LogP contribution >= 0.6 is 0 Å². The summed E-state index contributed by atoms with van der Waals surface area (Å²) in [7, 11) is 2.00. The zero-order valence-electron chi connectivity index (χ0n) is 12.3. The second kappa shape index (κ2) is 4.99. The van der Waals surface area contributed by atoms with Crippen molar-refractivity contribution in [2.45, 2.75) is 40.3 Å². The Labute approximate surface area is 114 Å². The molecule has 0 atom stereocenters. The molecular formula is C14H22N4O. The zero-order valence-corrected chi connectivity index (χ0v) is 12.3. The number of anilines is 2. The Balaban J connectivity index is 2.30. The molecule has 0 amide bonds. The van der Waals surface area contributed by atoms with Gasteiger partial charge in [-0.25, -0.2) is 4.68 Å². The number of nitrogen functional groups attached to an aromatic ring is 1. The van der Waals surface area contributed by atoms with E-state index in [9.17, 15) is 0 Å². The second-order valence-electron chi connectivity index (χ2n) is 5.23. The fraction of sp³-hybridized carbons (Fsp3) is 0.500. The van der Waals surface area contributed by atoms with Gasteiger partial charge in [0.1, 0.15) is 11.5 Å². The molecule has 0 spiro atoms. The first-order valence-electron chi connectivity index (χ1n) is 6.51. The fourth-order valence-electron chi connectivity index (χ4n) is 2.17. The highest BCUT2D eigenvalue weighted by atomic mass is 16.3. The summed E-state index contributed by atoms with van der Waals surface area (Å²) in [5, 5.41) is 4.50. The van der Waals surface area contributed by atoms with Crippen molar-refractivity contribution < 1.29 is 4.42 Å². The monoisotopic (exact) mass is 262 g/mol. The van der Waals surface area contributed by atoms with E-state index < -0.39 is 0 Å². The number of nitrogens with two attached hydrogens (primary N) is 1. The molecule has 5 nitrogen and oxygen atoms in total. The molecule has 2 aromatic rings. The number of hydrogen-bond donors (Lipinski definition) is 1. The first-order chi connectivity index (χ1) is 8.90. The van der Waals surface area contributed by atoms with Gasteiger partial charge in [-0.15, -0.1) is 0 Å². The predicted octanol–water partition coefficient (Wildman–Crippen LogP) is 2.89. The van der Waals surface area contributed by atoms with Crippen LogP contribution in [0.4, 0.5) is 11.5 Å². The highest BCUT2D eigenvalue weighted by Crippen LogP contribution is 2.29. The highest BCUT2D eigenvalue weighted by Gasteiger charge is 2.19. The van der Waals surface area contributed by atoms with Crippen LogP contribution in [0.25, 0.3) is 0 Å². The first-order valence-corrected chi connectivity index (χ1v) is 6.51. The van der Waals surface area contributed by atoms with Gasteiger partial charge in [-0.3, -0.25) is 0 Å². The molecule has 0 saturated heterocycles. The summed E-state index contributed by atoms with van der Waals surface area (Å²) in [6.07, 6.45) is 0. The Hall–Kier alpha value is -1.91. The maximum atomic E-state index is 6.15. The van der Waals surface area contributed by atoms with Gasteiger partial charge in [0.2, 0.25) is 0 Å². The molecule has 0 saturated carbocycles. The van der Waals surface area contributed by atoms with Gasteiger partial charge in [-0.2, -0.15) is 5.10 Å². The van der Waals surface area contributed by atoms with Gasteiger partial charge in [-0.05, 0) is 39.8 Å². The van der Waals surface area contributed by atoms with Crippen molar-refractivity contribution >= 4 is 11.5 Å². The van der Waals surface area contributed by atoms with E-state index in [-0.39, 0.29) is 6.04 Å². The zero-order chi connectivity index (χ0) is 14.2. The summed E-state index contributed by atoms with van der Waals surface area (Å²) in [4.78, 5) is 2.08. The van der Waals surface area contributed by atoms with Crippen LogP contribution in [0.5, 0.6) is 0 Å². The Morgan fingerprint density at radius 1 is 1.37 bits per heavy atom. The lowest BCUT2D eigenvalue weighted by Crippen LogP contribution is -2.22. The highest BCUT2D eigenvalue weighted by molar-refractivity contribution is 5.66. The summed E-state index contributed by atoms with van der Waals surface area (Å²) in [5.74, 6) is 2.79. The predicted molar refractivity (Wildman–Crippen MR) is 77.3 cm³/mol.